The quantitative estimate of drug-likeness (QED) is 0.183. The zero-order chi connectivity index (χ0) is 31.4. The van der Waals surface area contributed by atoms with E-state index in [2.05, 4.69) is 170 Å². The van der Waals surface area contributed by atoms with Gasteiger partial charge in [-0.05, 0) is 98.0 Å². The molecular formula is C45H36N2. The Labute approximate surface area is 276 Å². The Morgan fingerprint density at radius 2 is 1.15 bits per heavy atom. The summed E-state index contributed by atoms with van der Waals surface area (Å²) in [6.45, 7) is 2.43. The van der Waals surface area contributed by atoms with Crippen LogP contribution in [0, 0.1) is 5.41 Å². The zero-order valence-corrected chi connectivity index (χ0v) is 26.6. The molecule has 2 heterocycles. The summed E-state index contributed by atoms with van der Waals surface area (Å²) >= 11 is 0. The normalized spacial score (nSPS) is 20.3. The number of allylic oxidation sites excluding steroid dienone is 4. The van der Waals surface area contributed by atoms with Gasteiger partial charge in [0.2, 0.25) is 0 Å². The molecule has 2 nitrogen and oxygen atoms in total. The minimum absolute atomic E-state index is 0.00385. The van der Waals surface area contributed by atoms with Gasteiger partial charge in [0.15, 0.2) is 0 Å². The lowest BCUT2D eigenvalue weighted by Crippen LogP contribution is -2.41. The maximum atomic E-state index is 5.10. The summed E-state index contributed by atoms with van der Waals surface area (Å²) in [5, 5.41) is 5.15. The topological polar surface area (TPSA) is 15.6 Å². The lowest BCUT2D eigenvalue weighted by atomic mass is 9.74. The van der Waals surface area contributed by atoms with Gasteiger partial charge in [-0.15, -0.1) is 0 Å². The second-order valence-electron chi connectivity index (χ2n) is 13.2. The largest absolute Gasteiger partial charge is 0.318 e. The molecule has 226 valence electrons. The molecule has 0 radical (unpaired) electrons. The highest BCUT2D eigenvalue weighted by Gasteiger charge is 2.49. The zero-order valence-electron chi connectivity index (χ0n) is 26.6. The molecular weight excluding hydrogens is 569 g/mol. The van der Waals surface area contributed by atoms with Gasteiger partial charge in [0.05, 0.1) is 0 Å². The van der Waals surface area contributed by atoms with Crippen LogP contribution in [0.5, 0.6) is 0 Å². The van der Waals surface area contributed by atoms with Gasteiger partial charge in [0.25, 0.3) is 0 Å². The van der Waals surface area contributed by atoms with Crippen LogP contribution >= 0.6 is 0 Å². The minimum Gasteiger partial charge on any atom is -0.318 e. The molecule has 0 amide bonds. The first-order chi connectivity index (χ1) is 23.2. The summed E-state index contributed by atoms with van der Waals surface area (Å²) in [6.07, 6.45) is 12.5. The van der Waals surface area contributed by atoms with Crippen LogP contribution in [-0.2, 0) is 0 Å². The maximum Gasteiger partial charge on any atom is 0.134 e. The number of nitrogens with zero attached hydrogens (tertiary/aromatic N) is 2. The van der Waals surface area contributed by atoms with E-state index < -0.39 is 0 Å². The maximum absolute atomic E-state index is 5.10. The third-order valence-electron chi connectivity index (χ3n) is 10.6. The molecule has 0 aromatic heterocycles. The molecule has 1 aliphatic carbocycles. The summed E-state index contributed by atoms with van der Waals surface area (Å²) < 4.78 is 0. The third kappa shape index (κ3) is 4.43. The molecule has 2 aliphatic heterocycles. The lowest BCUT2D eigenvalue weighted by molar-refractivity contribution is 0.305. The van der Waals surface area contributed by atoms with Gasteiger partial charge in [-0.1, -0.05) is 140 Å². The Hall–Kier alpha value is -5.47. The molecule has 2 atom stereocenters. The average Bonchev–Trinajstić information content (AvgIpc) is 3.22. The van der Waals surface area contributed by atoms with Crippen molar-refractivity contribution in [3.8, 4) is 22.3 Å². The van der Waals surface area contributed by atoms with Crippen molar-refractivity contribution in [3.63, 3.8) is 0 Å². The van der Waals surface area contributed by atoms with Crippen LogP contribution in [0.4, 0.5) is 5.69 Å². The molecule has 0 bridgehead atoms. The summed E-state index contributed by atoms with van der Waals surface area (Å²) in [6, 6.07) is 48.5. The Kier molecular flexibility index (Phi) is 6.57. The van der Waals surface area contributed by atoms with Crippen molar-refractivity contribution in [2.24, 2.45) is 10.4 Å². The highest BCUT2D eigenvalue weighted by atomic mass is 15.3. The van der Waals surface area contributed by atoms with E-state index in [1.54, 1.807) is 0 Å². The van der Waals surface area contributed by atoms with Crippen molar-refractivity contribution < 1.29 is 0 Å². The van der Waals surface area contributed by atoms with Gasteiger partial charge in [-0.2, -0.15) is 0 Å². The predicted molar refractivity (Wildman–Crippen MR) is 200 cm³/mol. The standard InChI is InChI=1S/C45H36N2/c1-45-29-12-30-46-44(45)47(35-15-6-3-7-16-35)41-28-26-34(25-27-40(41)45)43-38-19-10-8-17-36(38)42(37-18-9-11-20-39(37)43)33-23-21-32(22-24-33)31-13-4-2-5-14-31/h2-11,13-26,28,30,44H,12,27,29H2,1H3/t44?,45-/m1/s1. The Bertz CT molecular complexity index is 2220. The van der Waals surface area contributed by atoms with Crippen molar-refractivity contribution in [1.82, 2.24) is 0 Å². The first-order valence-electron chi connectivity index (χ1n) is 16.8. The molecule has 0 N–H and O–H groups in total. The summed E-state index contributed by atoms with van der Waals surface area (Å²) in [5.74, 6) is 0. The van der Waals surface area contributed by atoms with E-state index in [0.29, 0.717) is 0 Å². The molecule has 3 aliphatic rings. The van der Waals surface area contributed by atoms with Crippen molar-refractivity contribution in [2.75, 3.05) is 4.90 Å². The molecule has 6 aromatic carbocycles. The Morgan fingerprint density at radius 1 is 0.596 bits per heavy atom. The van der Waals surface area contributed by atoms with Crippen LogP contribution in [0.1, 0.15) is 31.7 Å². The van der Waals surface area contributed by atoms with Crippen molar-refractivity contribution >= 4 is 39.0 Å². The number of hydrogen-bond donors (Lipinski definition) is 0. The predicted octanol–water partition coefficient (Wildman–Crippen LogP) is 11.6. The SMILES string of the molecule is C[C@]12CCC=NC1N(c1ccccc1)C1=C2CC=C(c2c3ccccc3c(-c3ccc(-c4ccccc4)cc3)c3ccccc23)C=C1. The average molecular weight is 605 g/mol. The van der Waals surface area contributed by atoms with Gasteiger partial charge in [0.1, 0.15) is 6.17 Å². The number of benzene rings is 6. The Morgan fingerprint density at radius 3 is 1.81 bits per heavy atom. The van der Waals surface area contributed by atoms with Crippen LogP contribution in [0.25, 0.3) is 49.4 Å². The number of fused-ring (bicyclic) bond motifs is 4. The van der Waals surface area contributed by atoms with E-state index in [-0.39, 0.29) is 11.6 Å². The molecule has 0 spiro atoms. The minimum atomic E-state index is -0.00385. The highest BCUT2D eigenvalue weighted by molar-refractivity contribution is 6.19. The number of rotatable bonds is 4. The third-order valence-corrected chi connectivity index (χ3v) is 10.6. The van der Waals surface area contributed by atoms with Gasteiger partial charge >= 0.3 is 0 Å². The molecule has 0 saturated carbocycles. The van der Waals surface area contributed by atoms with E-state index in [0.717, 1.165) is 19.3 Å². The van der Waals surface area contributed by atoms with Crippen molar-refractivity contribution in [1.29, 1.82) is 0 Å². The lowest BCUT2D eigenvalue weighted by Gasteiger charge is -2.38. The first kappa shape index (κ1) is 27.8. The fraction of sp³-hybridized carbons (Fsp3) is 0.133. The second-order valence-corrected chi connectivity index (χ2v) is 13.2. The molecule has 1 unspecified atom stereocenters. The van der Waals surface area contributed by atoms with Crippen LogP contribution in [0.15, 0.2) is 168 Å². The van der Waals surface area contributed by atoms with E-state index in [1.807, 2.05) is 0 Å². The van der Waals surface area contributed by atoms with Gasteiger partial charge in [-0.25, -0.2) is 0 Å². The fourth-order valence-corrected chi connectivity index (χ4v) is 8.29. The van der Waals surface area contributed by atoms with Crippen LogP contribution in [0.3, 0.4) is 0 Å². The molecule has 0 fully saturated rings. The van der Waals surface area contributed by atoms with Crippen molar-refractivity contribution in [3.05, 3.63) is 169 Å². The van der Waals surface area contributed by atoms with Crippen molar-refractivity contribution in [2.45, 2.75) is 32.4 Å². The Balaban J connectivity index is 1.20. The highest BCUT2D eigenvalue weighted by Crippen LogP contribution is 2.54. The van der Waals surface area contributed by atoms with Gasteiger partial charge in [-0.3, -0.25) is 4.99 Å². The second kappa shape index (κ2) is 11.1. The molecule has 47 heavy (non-hydrogen) atoms. The number of aliphatic imine (C=N–C) groups is 1. The van der Waals surface area contributed by atoms with E-state index >= 15 is 0 Å². The molecule has 0 saturated heterocycles. The summed E-state index contributed by atoms with van der Waals surface area (Å²) in [5.41, 5.74) is 11.6. The first-order valence-corrected chi connectivity index (χ1v) is 16.8. The van der Waals surface area contributed by atoms with E-state index in [1.165, 1.54) is 71.9 Å². The monoisotopic (exact) mass is 604 g/mol. The summed E-state index contributed by atoms with van der Waals surface area (Å²) in [4.78, 5) is 7.58. The molecule has 9 rings (SSSR count). The number of anilines is 1. The molecule has 6 aromatic rings. The fourth-order valence-electron chi connectivity index (χ4n) is 8.29. The van der Waals surface area contributed by atoms with E-state index in [9.17, 15) is 0 Å². The van der Waals surface area contributed by atoms with Gasteiger partial charge < -0.3 is 4.90 Å². The van der Waals surface area contributed by atoms with Crippen LogP contribution in [0.2, 0.25) is 0 Å². The van der Waals surface area contributed by atoms with Gasteiger partial charge in [0, 0.05) is 23.0 Å². The van der Waals surface area contributed by atoms with E-state index in [4.69, 9.17) is 4.99 Å². The van der Waals surface area contributed by atoms with Crippen LogP contribution < -0.4 is 4.90 Å². The summed E-state index contributed by atoms with van der Waals surface area (Å²) in [7, 11) is 0. The van der Waals surface area contributed by atoms with Crippen LogP contribution in [-0.4, -0.2) is 12.4 Å². The molecule has 2 heteroatoms. The number of hydrogen-bond acceptors (Lipinski definition) is 2. The number of para-hydroxylation sites is 1. The smallest absolute Gasteiger partial charge is 0.134 e.